The summed E-state index contributed by atoms with van der Waals surface area (Å²) in [6.07, 6.45) is 2.36. The van der Waals surface area contributed by atoms with E-state index >= 15 is 0 Å². The number of hydrogen-bond acceptors (Lipinski definition) is 3. The topological polar surface area (TPSA) is 39.1 Å². The third kappa shape index (κ3) is 3.33. The lowest BCUT2D eigenvalue weighted by molar-refractivity contribution is 0.0662. The van der Waals surface area contributed by atoms with Crippen LogP contribution in [0.2, 0.25) is 0 Å². The maximum absolute atomic E-state index is 5.37. The highest BCUT2D eigenvalue weighted by atomic mass is 79.9. The van der Waals surface area contributed by atoms with Crippen molar-refractivity contribution in [2.45, 2.75) is 39.8 Å². The van der Waals surface area contributed by atoms with Gasteiger partial charge in [-0.25, -0.2) is 0 Å². The second-order valence-electron chi connectivity index (χ2n) is 4.85. The molecule has 1 N–H and O–H groups in total. The minimum absolute atomic E-state index is 0.761. The molecule has 1 aliphatic heterocycles. The number of aryl methyl sites for hydroxylation is 2. The van der Waals surface area contributed by atoms with Crippen LogP contribution in [0.15, 0.2) is 4.47 Å². The van der Waals surface area contributed by atoms with Crippen molar-refractivity contribution in [3.05, 3.63) is 15.9 Å². The van der Waals surface area contributed by atoms with Crippen LogP contribution in [0, 0.1) is 12.8 Å². The molecule has 1 fully saturated rings. The molecule has 102 valence electrons. The van der Waals surface area contributed by atoms with Crippen molar-refractivity contribution in [3.63, 3.8) is 0 Å². The van der Waals surface area contributed by atoms with Gasteiger partial charge in [0, 0.05) is 26.3 Å². The fraction of sp³-hybridized carbons (Fsp3) is 0.769. The summed E-state index contributed by atoms with van der Waals surface area (Å²) in [4.78, 5) is 0. The van der Waals surface area contributed by atoms with Gasteiger partial charge in [-0.05, 0) is 55.1 Å². The maximum atomic E-state index is 5.37. The zero-order valence-corrected chi connectivity index (χ0v) is 12.8. The standard InChI is InChI=1S/C13H22BrN3O/c1-3-17-12(13(14)10(2)16-17)9-15-8-11-4-6-18-7-5-11/h11,15H,3-9H2,1-2H3. The molecular formula is C13H22BrN3O. The summed E-state index contributed by atoms with van der Waals surface area (Å²) in [5, 5.41) is 8.06. The van der Waals surface area contributed by atoms with Crippen LogP contribution in [0.25, 0.3) is 0 Å². The first kappa shape index (κ1) is 14.0. The second-order valence-corrected chi connectivity index (χ2v) is 5.64. The van der Waals surface area contributed by atoms with E-state index in [1.165, 1.54) is 18.5 Å². The fourth-order valence-corrected chi connectivity index (χ4v) is 2.81. The molecule has 0 amide bonds. The normalized spacial score (nSPS) is 17.3. The predicted molar refractivity (Wildman–Crippen MR) is 75.6 cm³/mol. The van der Waals surface area contributed by atoms with Crippen molar-refractivity contribution in [3.8, 4) is 0 Å². The molecule has 0 radical (unpaired) electrons. The van der Waals surface area contributed by atoms with Crippen LogP contribution < -0.4 is 5.32 Å². The third-order valence-electron chi connectivity index (χ3n) is 3.52. The number of rotatable bonds is 5. The van der Waals surface area contributed by atoms with Crippen LogP contribution in [-0.4, -0.2) is 29.5 Å². The number of halogens is 1. The van der Waals surface area contributed by atoms with E-state index in [1.807, 2.05) is 6.92 Å². The number of aromatic nitrogens is 2. The first-order valence-corrected chi connectivity index (χ1v) is 7.52. The van der Waals surface area contributed by atoms with Gasteiger partial charge in [0.15, 0.2) is 0 Å². The lowest BCUT2D eigenvalue weighted by Crippen LogP contribution is -2.28. The second kappa shape index (κ2) is 6.68. The zero-order valence-electron chi connectivity index (χ0n) is 11.2. The van der Waals surface area contributed by atoms with Gasteiger partial charge in [-0.3, -0.25) is 4.68 Å². The van der Waals surface area contributed by atoms with E-state index in [2.05, 4.69) is 38.0 Å². The van der Waals surface area contributed by atoms with Crippen LogP contribution in [0.5, 0.6) is 0 Å². The van der Waals surface area contributed by atoms with E-state index in [4.69, 9.17) is 4.74 Å². The van der Waals surface area contributed by atoms with Gasteiger partial charge in [-0.1, -0.05) is 0 Å². The van der Waals surface area contributed by atoms with Crippen LogP contribution in [0.1, 0.15) is 31.2 Å². The van der Waals surface area contributed by atoms with Crippen LogP contribution >= 0.6 is 15.9 Å². The minimum Gasteiger partial charge on any atom is -0.381 e. The van der Waals surface area contributed by atoms with Crippen molar-refractivity contribution in [1.29, 1.82) is 0 Å². The quantitative estimate of drug-likeness (QED) is 0.907. The van der Waals surface area contributed by atoms with Gasteiger partial charge >= 0.3 is 0 Å². The molecule has 0 spiro atoms. The van der Waals surface area contributed by atoms with Crippen LogP contribution in [0.4, 0.5) is 0 Å². The van der Waals surface area contributed by atoms with E-state index in [1.54, 1.807) is 0 Å². The lowest BCUT2D eigenvalue weighted by atomic mass is 10.0. The van der Waals surface area contributed by atoms with Crippen molar-refractivity contribution >= 4 is 15.9 Å². The average molecular weight is 316 g/mol. The monoisotopic (exact) mass is 315 g/mol. The van der Waals surface area contributed by atoms with E-state index in [9.17, 15) is 0 Å². The summed E-state index contributed by atoms with van der Waals surface area (Å²) in [6, 6.07) is 0. The van der Waals surface area contributed by atoms with E-state index in [0.717, 1.165) is 48.9 Å². The summed E-state index contributed by atoms with van der Waals surface area (Å²) in [5.74, 6) is 0.761. The number of nitrogens with one attached hydrogen (secondary N) is 1. The van der Waals surface area contributed by atoms with Crippen LogP contribution in [-0.2, 0) is 17.8 Å². The molecule has 2 rings (SSSR count). The molecule has 0 saturated carbocycles. The molecular weight excluding hydrogens is 294 g/mol. The van der Waals surface area contributed by atoms with Crippen molar-refractivity contribution < 1.29 is 4.74 Å². The molecule has 0 unspecified atom stereocenters. The fourth-order valence-electron chi connectivity index (χ4n) is 2.38. The lowest BCUT2D eigenvalue weighted by Gasteiger charge is -2.22. The van der Waals surface area contributed by atoms with Gasteiger partial charge in [0.05, 0.1) is 15.9 Å². The molecule has 0 bridgehead atoms. The Morgan fingerprint density at radius 3 is 2.83 bits per heavy atom. The zero-order chi connectivity index (χ0) is 13.0. The third-order valence-corrected chi connectivity index (χ3v) is 4.55. The number of hydrogen-bond donors (Lipinski definition) is 1. The van der Waals surface area contributed by atoms with E-state index < -0.39 is 0 Å². The Kier molecular flexibility index (Phi) is 5.21. The maximum Gasteiger partial charge on any atom is 0.0739 e. The smallest absolute Gasteiger partial charge is 0.0739 e. The van der Waals surface area contributed by atoms with Gasteiger partial charge in [-0.2, -0.15) is 5.10 Å². The highest BCUT2D eigenvalue weighted by Gasteiger charge is 2.15. The Morgan fingerprint density at radius 1 is 1.44 bits per heavy atom. The van der Waals surface area contributed by atoms with Crippen molar-refractivity contribution in [2.75, 3.05) is 19.8 Å². The summed E-state index contributed by atoms with van der Waals surface area (Å²) in [5.41, 5.74) is 2.32. The van der Waals surface area contributed by atoms with E-state index in [0.29, 0.717) is 0 Å². The summed E-state index contributed by atoms with van der Waals surface area (Å²) in [7, 11) is 0. The highest BCUT2D eigenvalue weighted by Crippen LogP contribution is 2.21. The van der Waals surface area contributed by atoms with Crippen LogP contribution in [0.3, 0.4) is 0 Å². The Balaban J connectivity index is 1.85. The molecule has 5 heteroatoms. The van der Waals surface area contributed by atoms with E-state index in [-0.39, 0.29) is 0 Å². The Hall–Kier alpha value is -0.390. The molecule has 2 heterocycles. The van der Waals surface area contributed by atoms with Gasteiger partial charge < -0.3 is 10.1 Å². The molecule has 18 heavy (non-hydrogen) atoms. The molecule has 1 aromatic heterocycles. The van der Waals surface area contributed by atoms with Gasteiger partial charge in [0.25, 0.3) is 0 Å². The molecule has 1 aliphatic rings. The highest BCUT2D eigenvalue weighted by molar-refractivity contribution is 9.10. The average Bonchev–Trinajstić information content (AvgIpc) is 2.67. The number of ether oxygens (including phenoxy) is 1. The molecule has 0 aromatic carbocycles. The van der Waals surface area contributed by atoms with Crippen molar-refractivity contribution in [1.82, 2.24) is 15.1 Å². The molecule has 0 aliphatic carbocycles. The Labute approximate surface area is 117 Å². The van der Waals surface area contributed by atoms with Gasteiger partial charge in [0.1, 0.15) is 0 Å². The molecule has 4 nitrogen and oxygen atoms in total. The molecule has 1 saturated heterocycles. The minimum atomic E-state index is 0.761. The summed E-state index contributed by atoms with van der Waals surface area (Å²) >= 11 is 3.62. The predicted octanol–water partition coefficient (Wildman–Crippen LogP) is 2.49. The van der Waals surface area contributed by atoms with Gasteiger partial charge in [0.2, 0.25) is 0 Å². The molecule has 1 aromatic rings. The number of nitrogens with zero attached hydrogens (tertiary/aromatic N) is 2. The van der Waals surface area contributed by atoms with Gasteiger partial charge in [-0.15, -0.1) is 0 Å². The van der Waals surface area contributed by atoms with Crippen molar-refractivity contribution in [2.24, 2.45) is 5.92 Å². The first-order chi connectivity index (χ1) is 8.72. The first-order valence-electron chi connectivity index (χ1n) is 6.72. The summed E-state index contributed by atoms with van der Waals surface area (Å²) in [6.45, 7) is 8.88. The molecule has 0 atom stereocenters. The Morgan fingerprint density at radius 2 is 2.17 bits per heavy atom. The largest absolute Gasteiger partial charge is 0.381 e. The summed E-state index contributed by atoms with van der Waals surface area (Å²) < 4.78 is 8.58. The SMILES string of the molecule is CCn1nc(C)c(Br)c1CNCC1CCOCC1. The Bertz CT molecular complexity index is 386.